The molecule has 0 bridgehead atoms. The average Bonchev–Trinajstić information content (AvgIpc) is 3.12. The van der Waals surface area contributed by atoms with E-state index in [2.05, 4.69) is 17.4 Å². The van der Waals surface area contributed by atoms with Crippen LogP contribution in [-0.2, 0) is 9.59 Å². The summed E-state index contributed by atoms with van der Waals surface area (Å²) in [4.78, 5) is 27.7. The number of amides is 2. The lowest BCUT2D eigenvalue weighted by atomic mass is 10.0. The van der Waals surface area contributed by atoms with Crippen molar-refractivity contribution in [2.45, 2.75) is 13.0 Å². The number of anilines is 1. The molecule has 4 rings (SSSR count). The second kappa shape index (κ2) is 10.0. The number of nitrogens with one attached hydrogen (secondary N) is 1. The molecular formula is C26H22N2O3S2. The summed E-state index contributed by atoms with van der Waals surface area (Å²) in [7, 11) is 1.58. The minimum absolute atomic E-state index is 0.269. The first-order chi connectivity index (χ1) is 16.0. The molecule has 1 heterocycles. The number of hydrogen-bond donors (Lipinski definition) is 1. The van der Waals surface area contributed by atoms with Gasteiger partial charge in [0.05, 0.1) is 12.0 Å². The smallest absolute Gasteiger partial charge is 0.266 e. The van der Waals surface area contributed by atoms with E-state index in [1.54, 1.807) is 38.3 Å². The number of benzene rings is 3. The maximum atomic E-state index is 13.0. The van der Waals surface area contributed by atoms with Gasteiger partial charge in [-0.1, -0.05) is 78.6 Å². The summed E-state index contributed by atoms with van der Waals surface area (Å²) in [6.07, 6.45) is 1.81. The second-order valence-electron chi connectivity index (χ2n) is 7.43. The molecule has 166 valence electrons. The van der Waals surface area contributed by atoms with E-state index < -0.39 is 6.04 Å². The largest absolute Gasteiger partial charge is 0.497 e. The lowest BCUT2D eigenvalue weighted by molar-refractivity contribution is -0.129. The number of hydrogen-bond acceptors (Lipinski definition) is 5. The third kappa shape index (κ3) is 5.16. The van der Waals surface area contributed by atoms with Crippen LogP contribution in [0.2, 0.25) is 0 Å². The van der Waals surface area contributed by atoms with E-state index in [9.17, 15) is 9.59 Å². The third-order valence-corrected chi connectivity index (χ3v) is 6.59. The Hall–Kier alpha value is -3.42. The summed E-state index contributed by atoms with van der Waals surface area (Å²) < 4.78 is 5.49. The lowest BCUT2D eigenvalue weighted by Gasteiger charge is -2.22. The average molecular weight is 475 g/mol. The summed E-state index contributed by atoms with van der Waals surface area (Å²) in [5, 5.41) is 2.82. The van der Waals surface area contributed by atoms with Gasteiger partial charge in [0, 0.05) is 5.69 Å². The van der Waals surface area contributed by atoms with Crippen molar-refractivity contribution in [3.8, 4) is 16.9 Å². The highest BCUT2D eigenvalue weighted by atomic mass is 32.2. The van der Waals surface area contributed by atoms with E-state index in [1.165, 1.54) is 16.7 Å². The van der Waals surface area contributed by atoms with Gasteiger partial charge in [-0.05, 0) is 54.0 Å². The number of carbonyl (C=O) groups excluding carboxylic acids is 2. The normalized spacial score (nSPS) is 15.6. The van der Waals surface area contributed by atoms with E-state index in [-0.39, 0.29) is 11.8 Å². The third-order valence-electron chi connectivity index (χ3n) is 5.26. The Morgan fingerprint density at radius 1 is 1.00 bits per heavy atom. The first kappa shape index (κ1) is 22.8. The molecule has 7 heteroatoms. The number of ether oxygens (including phenoxy) is 1. The Bertz CT molecular complexity index is 1210. The number of carbonyl (C=O) groups is 2. The molecule has 1 saturated heterocycles. The summed E-state index contributed by atoms with van der Waals surface area (Å²) in [5.41, 5.74) is 3.74. The molecule has 0 aromatic heterocycles. The molecule has 1 N–H and O–H groups in total. The first-order valence-electron chi connectivity index (χ1n) is 10.3. The zero-order valence-corrected chi connectivity index (χ0v) is 19.8. The summed E-state index contributed by atoms with van der Waals surface area (Å²) in [6, 6.07) is 24.3. The highest BCUT2D eigenvalue weighted by Gasteiger charge is 2.38. The Morgan fingerprint density at radius 3 is 2.27 bits per heavy atom. The molecule has 1 aliphatic heterocycles. The molecule has 1 aliphatic rings. The van der Waals surface area contributed by atoms with Crippen molar-refractivity contribution in [3.63, 3.8) is 0 Å². The molecule has 5 nitrogen and oxygen atoms in total. The zero-order valence-electron chi connectivity index (χ0n) is 18.1. The Kier molecular flexibility index (Phi) is 6.91. The molecule has 3 aromatic carbocycles. The van der Waals surface area contributed by atoms with E-state index in [1.807, 2.05) is 48.5 Å². The van der Waals surface area contributed by atoms with Crippen LogP contribution in [-0.4, -0.2) is 34.2 Å². The van der Waals surface area contributed by atoms with Crippen molar-refractivity contribution in [1.29, 1.82) is 0 Å². The second-order valence-corrected chi connectivity index (χ2v) is 9.11. The molecule has 0 spiro atoms. The fraction of sp³-hybridized carbons (Fsp3) is 0.115. The number of rotatable bonds is 6. The standard InChI is InChI=1S/C26H22N2O3S2/c1-17(24(29)27-21-12-14-22(31-2)15-13-21)28-25(30)23(33-26(28)32)16-18-8-10-20(11-9-18)19-6-4-3-5-7-19/h3-17H,1-2H3,(H,27,29)/b23-16-. The van der Waals surface area contributed by atoms with Gasteiger partial charge in [-0.3, -0.25) is 14.5 Å². The van der Waals surface area contributed by atoms with Crippen LogP contribution in [0, 0.1) is 0 Å². The molecule has 0 aliphatic carbocycles. The summed E-state index contributed by atoms with van der Waals surface area (Å²) >= 11 is 6.63. The maximum absolute atomic E-state index is 13.0. The maximum Gasteiger partial charge on any atom is 0.266 e. The van der Waals surface area contributed by atoms with Crippen LogP contribution in [0.3, 0.4) is 0 Å². The van der Waals surface area contributed by atoms with Gasteiger partial charge < -0.3 is 10.1 Å². The molecule has 0 saturated carbocycles. The van der Waals surface area contributed by atoms with Gasteiger partial charge in [0.2, 0.25) is 5.91 Å². The van der Waals surface area contributed by atoms with Gasteiger partial charge in [0.1, 0.15) is 16.1 Å². The Morgan fingerprint density at radius 2 is 1.64 bits per heavy atom. The van der Waals surface area contributed by atoms with Crippen LogP contribution in [0.25, 0.3) is 17.2 Å². The molecule has 3 aromatic rings. The van der Waals surface area contributed by atoms with E-state index in [4.69, 9.17) is 17.0 Å². The monoisotopic (exact) mass is 474 g/mol. The van der Waals surface area contributed by atoms with Crippen molar-refractivity contribution in [3.05, 3.63) is 89.3 Å². The summed E-state index contributed by atoms with van der Waals surface area (Å²) in [5.74, 6) is 0.111. The molecule has 1 atom stereocenters. The Labute approximate surface area is 202 Å². The van der Waals surface area contributed by atoms with Crippen LogP contribution in [0.1, 0.15) is 12.5 Å². The lowest BCUT2D eigenvalue weighted by Crippen LogP contribution is -2.44. The minimum Gasteiger partial charge on any atom is -0.497 e. The van der Waals surface area contributed by atoms with Crippen LogP contribution < -0.4 is 10.1 Å². The predicted molar refractivity (Wildman–Crippen MR) is 138 cm³/mol. The van der Waals surface area contributed by atoms with Gasteiger partial charge in [0.25, 0.3) is 5.91 Å². The number of methoxy groups -OCH3 is 1. The minimum atomic E-state index is -0.744. The van der Waals surface area contributed by atoms with E-state index >= 15 is 0 Å². The SMILES string of the molecule is COc1ccc(NC(=O)C(C)N2C(=O)/C(=C/c3ccc(-c4ccccc4)cc3)SC2=S)cc1. The molecule has 0 radical (unpaired) electrons. The van der Waals surface area contributed by atoms with Gasteiger partial charge >= 0.3 is 0 Å². The van der Waals surface area contributed by atoms with Gasteiger partial charge in [0.15, 0.2) is 0 Å². The van der Waals surface area contributed by atoms with Gasteiger partial charge in [-0.15, -0.1) is 0 Å². The molecular weight excluding hydrogens is 452 g/mol. The zero-order chi connectivity index (χ0) is 23.4. The number of thiocarbonyl (C=S) groups is 1. The highest BCUT2D eigenvalue weighted by molar-refractivity contribution is 8.26. The van der Waals surface area contributed by atoms with Crippen LogP contribution in [0.4, 0.5) is 5.69 Å². The Balaban J connectivity index is 1.46. The summed E-state index contributed by atoms with van der Waals surface area (Å²) in [6.45, 7) is 1.67. The van der Waals surface area contributed by atoms with Crippen molar-refractivity contribution in [2.75, 3.05) is 12.4 Å². The quantitative estimate of drug-likeness (QED) is 0.373. The van der Waals surface area contributed by atoms with Crippen LogP contribution in [0.15, 0.2) is 83.8 Å². The van der Waals surface area contributed by atoms with Crippen molar-refractivity contribution in [1.82, 2.24) is 4.90 Å². The topological polar surface area (TPSA) is 58.6 Å². The highest BCUT2D eigenvalue weighted by Crippen LogP contribution is 2.34. The van der Waals surface area contributed by atoms with Crippen LogP contribution >= 0.6 is 24.0 Å². The fourth-order valence-corrected chi connectivity index (χ4v) is 4.82. The van der Waals surface area contributed by atoms with Gasteiger partial charge in [-0.25, -0.2) is 0 Å². The van der Waals surface area contributed by atoms with Crippen LogP contribution in [0.5, 0.6) is 5.75 Å². The number of nitrogens with zero attached hydrogens (tertiary/aromatic N) is 1. The predicted octanol–water partition coefficient (Wildman–Crippen LogP) is 5.59. The van der Waals surface area contributed by atoms with E-state index in [0.717, 1.165) is 16.7 Å². The molecule has 2 amide bonds. The molecule has 1 unspecified atom stereocenters. The van der Waals surface area contributed by atoms with Crippen molar-refractivity contribution in [2.24, 2.45) is 0 Å². The fourth-order valence-electron chi connectivity index (χ4n) is 3.41. The first-order valence-corrected chi connectivity index (χ1v) is 11.6. The van der Waals surface area contributed by atoms with Crippen molar-refractivity contribution < 1.29 is 14.3 Å². The van der Waals surface area contributed by atoms with Crippen molar-refractivity contribution >= 4 is 51.9 Å². The van der Waals surface area contributed by atoms with Gasteiger partial charge in [-0.2, -0.15) is 0 Å². The molecule has 33 heavy (non-hydrogen) atoms. The van der Waals surface area contributed by atoms with E-state index in [0.29, 0.717) is 20.7 Å². The molecule has 1 fully saturated rings. The number of thioether (sulfide) groups is 1.